The van der Waals surface area contributed by atoms with E-state index in [1.807, 2.05) is 0 Å². The molecular formula is C19H21F2N5O3S4. The average Bonchev–Trinajstić information content (AvgIpc) is 2.80. The van der Waals surface area contributed by atoms with E-state index in [-0.39, 0.29) is 15.1 Å². The highest BCUT2D eigenvalue weighted by Gasteiger charge is 2.26. The van der Waals surface area contributed by atoms with Gasteiger partial charge in [-0.05, 0) is 73.0 Å². The summed E-state index contributed by atoms with van der Waals surface area (Å²) in [5.74, 6) is -2.48. The van der Waals surface area contributed by atoms with Gasteiger partial charge < -0.3 is 15.4 Å². The van der Waals surface area contributed by atoms with Crippen LogP contribution in [0.2, 0.25) is 0 Å². The number of benzene rings is 2. The van der Waals surface area contributed by atoms with Crippen LogP contribution in [-0.4, -0.2) is 55.0 Å². The van der Waals surface area contributed by atoms with Gasteiger partial charge >= 0.3 is 0 Å². The van der Waals surface area contributed by atoms with E-state index in [0.29, 0.717) is 54.3 Å². The quantitative estimate of drug-likeness (QED) is 0.252. The maximum absolute atomic E-state index is 12.7. The summed E-state index contributed by atoms with van der Waals surface area (Å²) in [7, 11) is -3.57. The Morgan fingerprint density at radius 2 is 1.39 bits per heavy atom. The first-order valence-electron chi connectivity index (χ1n) is 9.61. The van der Waals surface area contributed by atoms with Crippen molar-refractivity contribution in [2.75, 3.05) is 36.9 Å². The summed E-state index contributed by atoms with van der Waals surface area (Å²) in [6, 6.07) is 12.6. The molecule has 0 saturated carbocycles. The van der Waals surface area contributed by atoms with E-state index < -0.39 is 15.8 Å². The Morgan fingerprint density at radius 3 is 1.88 bits per heavy atom. The number of hydrogen-bond acceptors (Lipinski definition) is 6. The number of thiocarbonyl (C=S) groups is 2. The number of thioether (sulfide) groups is 1. The molecule has 8 nitrogen and oxygen atoms in total. The topological polar surface area (TPSA) is 94.7 Å². The largest absolute Gasteiger partial charge is 0.379 e. The van der Waals surface area contributed by atoms with Crippen molar-refractivity contribution >= 4 is 67.8 Å². The van der Waals surface area contributed by atoms with E-state index in [1.54, 1.807) is 36.4 Å². The van der Waals surface area contributed by atoms with Crippen LogP contribution in [0.25, 0.3) is 0 Å². The first kappa shape index (κ1) is 25.5. The fraction of sp³-hybridized carbons (Fsp3) is 0.263. The van der Waals surface area contributed by atoms with Gasteiger partial charge in [0.15, 0.2) is 10.2 Å². The second kappa shape index (κ2) is 11.9. The predicted molar refractivity (Wildman–Crippen MR) is 133 cm³/mol. The Morgan fingerprint density at radius 1 is 0.909 bits per heavy atom. The van der Waals surface area contributed by atoms with E-state index in [4.69, 9.17) is 29.2 Å². The molecule has 14 heteroatoms. The van der Waals surface area contributed by atoms with Crippen molar-refractivity contribution in [2.45, 2.75) is 15.5 Å². The average molecular weight is 534 g/mol. The minimum Gasteiger partial charge on any atom is -0.379 e. The van der Waals surface area contributed by atoms with Gasteiger partial charge in [0.2, 0.25) is 10.0 Å². The van der Waals surface area contributed by atoms with E-state index in [2.05, 4.69) is 21.5 Å². The number of ether oxygens (including phenoxy) is 1. The zero-order chi connectivity index (χ0) is 23.8. The number of hydrogen-bond donors (Lipinski definition) is 4. The maximum Gasteiger partial charge on any atom is 0.288 e. The van der Waals surface area contributed by atoms with Gasteiger partial charge in [-0.3, -0.25) is 10.9 Å². The molecule has 1 saturated heterocycles. The summed E-state index contributed by atoms with van der Waals surface area (Å²) in [5, 5.41) is 6.21. The molecule has 2 aromatic carbocycles. The fourth-order valence-corrected chi connectivity index (χ4v) is 5.05. The molecule has 2 aromatic rings. The second-order valence-corrected chi connectivity index (χ2v) is 10.4. The SMILES string of the molecule is O=S(=O)(c1ccc(NC(=S)NNC(=S)Nc2ccc(SC(F)F)cc2)cc1)N1CCOCC1. The summed E-state index contributed by atoms with van der Waals surface area (Å²) in [4.78, 5) is 0.636. The lowest BCUT2D eigenvalue weighted by molar-refractivity contribution is 0.0730. The number of alkyl halides is 2. The monoisotopic (exact) mass is 533 g/mol. The lowest BCUT2D eigenvalue weighted by Crippen LogP contribution is -2.45. The Hall–Kier alpha value is -2.10. The van der Waals surface area contributed by atoms with Crippen molar-refractivity contribution in [1.29, 1.82) is 0 Å². The molecule has 4 N–H and O–H groups in total. The molecule has 3 rings (SSSR count). The molecule has 0 amide bonds. The minimum atomic E-state index is -3.57. The summed E-state index contributed by atoms with van der Waals surface area (Å²) < 4.78 is 56.7. The van der Waals surface area contributed by atoms with Crippen LogP contribution in [0.3, 0.4) is 0 Å². The minimum absolute atomic E-state index is 0.190. The van der Waals surface area contributed by atoms with Gasteiger partial charge in [0.25, 0.3) is 5.76 Å². The summed E-state index contributed by atoms with van der Waals surface area (Å²) in [6.45, 7) is 1.42. The number of sulfonamides is 1. The third-order valence-electron chi connectivity index (χ3n) is 4.35. The highest BCUT2D eigenvalue weighted by Crippen LogP contribution is 2.26. The van der Waals surface area contributed by atoms with Gasteiger partial charge in [-0.15, -0.1) is 0 Å². The summed E-state index contributed by atoms with van der Waals surface area (Å²) in [5.41, 5.74) is 6.61. The number of anilines is 2. The van der Waals surface area contributed by atoms with Gasteiger partial charge in [-0.1, -0.05) is 11.8 Å². The Kier molecular flexibility index (Phi) is 9.17. The van der Waals surface area contributed by atoms with Gasteiger partial charge in [-0.25, -0.2) is 8.42 Å². The smallest absolute Gasteiger partial charge is 0.288 e. The lowest BCUT2D eigenvalue weighted by atomic mass is 10.3. The molecule has 1 heterocycles. The second-order valence-electron chi connectivity index (χ2n) is 6.60. The van der Waals surface area contributed by atoms with E-state index in [0.717, 1.165) is 0 Å². The summed E-state index contributed by atoms with van der Waals surface area (Å²) in [6.07, 6.45) is 0. The number of halogens is 2. The predicted octanol–water partition coefficient (Wildman–Crippen LogP) is 3.21. The van der Waals surface area contributed by atoms with Crippen LogP contribution in [0, 0.1) is 0 Å². The zero-order valence-corrected chi connectivity index (χ0v) is 20.4. The van der Waals surface area contributed by atoms with Crippen molar-refractivity contribution in [3.8, 4) is 0 Å². The molecule has 1 aliphatic rings. The normalized spacial score (nSPS) is 14.5. The third-order valence-corrected chi connectivity index (χ3v) is 7.39. The molecule has 0 unspecified atom stereocenters. The van der Waals surface area contributed by atoms with Crippen molar-refractivity contribution < 1.29 is 21.9 Å². The molecule has 1 aliphatic heterocycles. The van der Waals surface area contributed by atoms with Gasteiger partial charge in [0.05, 0.1) is 18.1 Å². The van der Waals surface area contributed by atoms with Crippen LogP contribution in [-0.2, 0) is 14.8 Å². The Balaban J connectivity index is 1.46. The van der Waals surface area contributed by atoms with Crippen LogP contribution in [0.15, 0.2) is 58.3 Å². The Labute approximate surface area is 205 Å². The molecule has 1 fully saturated rings. The summed E-state index contributed by atoms with van der Waals surface area (Å²) >= 11 is 10.8. The standard InChI is InChI=1S/C19H21F2N5O3S4/c20-17(21)32-15-5-1-13(2-6-15)22-18(30)24-25-19(31)23-14-3-7-16(8-4-14)33(27,28)26-9-11-29-12-10-26/h1-8,17H,9-12H2,(H2,22,24,30)(H2,23,25,31). The van der Waals surface area contributed by atoms with E-state index in [1.165, 1.54) is 16.4 Å². The van der Waals surface area contributed by atoms with Crippen molar-refractivity contribution in [3.63, 3.8) is 0 Å². The molecule has 0 radical (unpaired) electrons. The highest BCUT2D eigenvalue weighted by molar-refractivity contribution is 7.99. The molecule has 178 valence electrons. The van der Waals surface area contributed by atoms with Crippen molar-refractivity contribution in [3.05, 3.63) is 48.5 Å². The molecule has 33 heavy (non-hydrogen) atoms. The molecule has 0 aromatic heterocycles. The van der Waals surface area contributed by atoms with Crippen LogP contribution < -0.4 is 21.5 Å². The highest BCUT2D eigenvalue weighted by atomic mass is 32.2. The third kappa shape index (κ3) is 7.72. The number of morpholine rings is 1. The first-order chi connectivity index (χ1) is 15.7. The van der Waals surface area contributed by atoms with Crippen molar-refractivity contribution in [1.82, 2.24) is 15.2 Å². The molecule has 0 spiro atoms. The molecular weight excluding hydrogens is 513 g/mol. The van der Waals surface area contributed by atoms with Gasteiger partial charge in [0, 0.05) is 29.4 Å². The van der Waals surface area contributed by atoms with E-state index >= 15 is 0 Å². The number of hydrazine groups is 1. The Bertz CT molecular complexity index is 1060. The van der Waals surface area contributed by atoms with E-state index in [9.17, 15) is 17.2 Å². The number of nitrogens with zero attached hydrogens (tertiary/aromatic N) is 1. The van der Waals surface area contributed by atoms with Crippen LogP contribution in [0.1, 0.15) is 0 Å². The fourth-order valence-electron chi connectivity index (χ4n) is 2.80. The molecule has 0 bridgehead atoms. The van der Waals surface area contributed by atoms with Gasteiger partial charge in [-0.2, -0.15) is 13.1 Å². The molecule has 0 atom stereocenters. The van der Waals surface area contributed by atoms with Crippen molar-refractivity contribution in [2.24, 2.45) is 0 Å². The number of nitrogens with one attached hydrogen (secondary N) is 4. The van der Waals surface area contributed by atoms with Crippen LogP contribution in [0.5, 0.6) is 0 Å². The maximum atomic E-state index is 12.7. The first-order valence-corrected chi connectivity index (χ1v) is 12.7. The zero-order valence-electron chi connectivity index (χ0n) is 17.1. The van der Waals surface area contributed by atoms with Crippen LogP contribution >= 0.6 is 36.2 Å². The van der Waals surface area contributed by atoms with Gasteiger partial charge in [0.1, 0.15) is 0 Å². The lowest BCUT2D eigenvalue weighted by Gasteiger charge is -2.26. The molecule has 0 aliphatic carbocycles. The van der Waals surface area contributed by atoms with Crippen LogP contribution in [0.4, 0.5) is 20.2 Å². The number of rotatable bonds is 6.